The minimum Gasteiger partial charge on any atom is -0.377 e. The molecule has 3 aromatic carbocycles. The highest BCUT2D eigenvalue weighted by atomic mass is 32.1. The minimum atomic E-state index is 1.07. The lowest BCUT2D eigenvalue weighted by atomic mass is 10.00. The Morgan fingerprint density at radius 2 is 1.10 bits per heavy atom. The van der Waals surface area contributed by atoms with Crippen LogP contribution >= 0.6 is 45.3 Å². The highest BCUT2D eigenvalue weighted by Crippen LogP contribution is 2.45. The second kappa shape index (κ2) is 11.3. The molecule has 4 aromatic heterocycles. The topological polar surface area (TPSA) is 12.0 Å². The van der Waals surface area contributed by atoms with Crippen LogP contribution in [0.25, 0.3) is 61.2 Å². The van der Waals surface area contributed by atoms with Crippen molar-refractivity contribution in [2.45, 2.75) is 52.4 Å². The monoisotopic (exact) mass is 595 g/mol. The fourth-order valence-electron chi connectivity index (χ4n) is 5.71. The first-order chi connectivity index (χ1) is 19.7. The van der Waals surface area contributed by atoms with E-state index in [4.69, 9.17) is 0 Å². The van der Waals surface area contributed by atoms with E-state index in [2.05, 4.69) is 92.0 Å². The van der Waals surface area contributed by atoms with Gasteiger partial charge < -0.3 is 5.32 Å². The van der Waals surface area contributed by atoms with Crippen molar-refractivity contribution in [3.8, 4) is 19.5 Å². The van der Waals surface area contributed by atoms with Crippen molar-refractivity contribution in [1.82, 2.24) is 0 Å². The molecule has 7 aromatic rings. The molecule has 0 fully saturated rings. The van der Waals surface area contributed by atoms with Crippen LogP contribution in [0.4, 0.5) is 5.00 Å². The molecule has 0 saturated heterocycles. The van der Waals surface area contributed by atoms with Crippen molar-refractivity contribution < 1.29 is 0 Å². The zero-order valence-electron chi connectivity index (χ0n) is 23.0. The van der Waals surface area contributed by atoms with E-state index in [-0.39, 0.29) is 0 Å². The van der Waals surface area contributed by atoms with Crippen molar-refractivity contribution >= 4 is 92.1 Å². The van der Waals surface area contributed by atoms with Gasteiger partial charge in [-0.15, -0.1) is 45.3 Å². The Bertz CT molecular complexity index is 1950. The molecule has 5 heteroatoms. The van der Waals surface area contributed by atoms with Crippen LogP contribution in [0, 0.1) is 6.92 Å². The maximum atomic E-state index is 3.66. The summed E-state index contributed by atoms with van der Waals surface area (Å²) < 4.78 is 2.79. The third kappa shape index (κ3) is 4.98. The van der Waals surface area contributed by atoms with Gasteiger partial charge in [-0.05, 0) is 71.3 Å². The fourth-order valence-corrected chi connectivity index (χ4v) is 10.0. The van der Waals surface area contributed by atoms with Gasteiger partial charge in [0.2, 0.25) is 0 Å². The third-order valence-corrected chi connectivity index (χ3v) is 12.6. The molecule has 0 atom stereocenters. The van der Waals surface area contributed by atoms with Crippen LogP contribution in [-0.2, 0) is 0 Å². The summed E-state index contributed by atoms with van der Waals surface area (Å²) >= 11 is 7.63. The zero-order valence-corrected chi connectivity index (χ0v) is 26.3. The van der Waals surface area contributed by atoms with Gasteiger partial charge in [0.25, 0.3) is 0 Å². The Kier molecular flexibility index (Phi) is 7.40. The van der Waals surface area contributed by atoms with E-state index in [9.17, 15) is 0 Å². The number of anilines is 1. The Labute approximate surface area is 252 Å². The van der Waals surface area contributed by atoms with E-state index in [1.807, 2.05) is 45.3 Å². The molecule has 4 heterocycles. The number of thiophene rings is 4. The van der Waals surface area contributed by atoms with Gasteiger partial charge in [0.1, 0.15) is 0 Å². The molecule has 40 heavy (non-hydrogen) atoms. The highest BCUT2D eigenvalue weighted by Gasteiger charge is 2.14. The Hall–Kier alpha value is -2.70. The Morgan fingerprint density at radius 1 is 0.525 bits per heavy atom. The van der Waals surface area contributed by atoms with Gasteiger partial charge in [0.15, 0.2) is 0 Å². The van der Waals surface area contributed by atoms with Crippen LogP contribution in [0.1, 0.15) is 50.3 Å². The average Bonchev–Trinajstić information content (AvgIpc) is 3.77. The van der Waals surface area contributed by atoms with Gasteiger partial charge >= 0.3 is 0 Å². The molecular weight excluding hydrogens is 563 g/mol. The minimum absolute atomic E-state index is 1.07. The number of hydrogen-bond acceptors (Lipinski definition) is 5. The van der Waals surface area contributed by atoms with Gasteiger partial charge in [0, 0.05) is 51.1 Å². The summed E-state index contributed by atoms with van der Waals surface area (Å²) in [6, 6.07) is 27.8. The molecule has 0 aliphatic heterocycles. The van der Waals surface area contributed by atoms with Crippen LogP contribution in [-0.4, -0.2) is 6.54 Å². The zero-order chi connectivity index (χ0) is 27.1. The van der Waals surface area contributed by atoms with Gasteiger partial charge in [0.05, 0.1) is 5.00 Å². The summed E-state index contributed by atoms with van der Waals surface area (Å²) in [5.74, 6) is 0. The summed E-state index contributed by atoms with van der Waals surface area (Å²) in [4.78, 5) is 6.83. The molecule has 0 radical (unpaired) electrons. The summed E-state index contributed by atoms with van der Waals surface area (Å²) in [6.45, 7) is 5.54. The lowest BCUT2D eigenvalue weighted by Gasteiger charge is -2.06. The van der Waals surface area contributed by atoms with Gasteiger partial charge in [-0.2, -0.15) is 0 Å². The molecule has 0 amide bonds. The van der Waals surface area contributed by atoms with Crippen molar-refractivity contribution in [2.24, 2.45) is 0 Å². The second-order valence-electron chi connectivity index (χ2n) is 10.7. The number of nitrogens with one attached hydrogen (secondary N) is 1. The summed E-state index contributed by atoms with van der Waals surface area (Å²) in [7, 11) is 0. The molecule has 202 valence electrons. The largest absolute Gasteiger partial charge is 0.377 e. The average molecular weight is 596 g/mol. The van der Waals surface area contributed by atoms with Gasteiger partial charge in [-0.1, -0.05) is 75.4 Å². The molecule has 1 N–H and O–H groups in total. The molecule has 7 rings (SSSR count). The van der Waals surface area contributed by atoms with E-state index in [1.165, 1.54) is 110 Å². The number of rotatable bonds is 10. The Morgan fingerprint density at radius 3 is 1.73 bits per heavy atom. The van der Waals surface area contributed by atoms with Gasteiger partial charge in [-0.3, -0.25) is 0 Å². The summed E-state index contributed by atoms with van der Waals surface area (Å²) in [6.07, 6.45) is 8.02. The molecular formula is C35H33NS4. The molecule has 0 spiro atoms. The SMILES string of the molecule is CCCCCCCCNc1ccc(-c2cc3ccc4c5ccc6cc(-c7ccc(C)s7)sc6c5ccc4c3s2)s1. The van der Waals surface area contributed by atoms with E-state index >= 15 is 0 Å². The number of hydrogen-bond donors (Lipinski definition) is 1. The van der Waals surface area contributed by atoms with Crippen molar-refractivity contribution in [3.05, 3.63) is 77.7 Å². The van der Waals surface area contributed by atoms with Crippen LogP contribution in [0.2, 0.25) is 0 Å². The van der Waals surface area contributed by atoms with E-state index in [1.54, 1.807) is 0 Å². The fraction of sp³-hybridized carbons (Fsp3) is 0.257. The molecule has 0 saturated carbocycles. The normalized spacial score (nSPS) is 11.9. The first-order valence-corrected chi connectivity index (χ1v) is 17.7. The van der Waals surface area contributed by atoms with E-state index in [0.29, 0.717) is 0 Å². The summed E-state index contributed by atoms with van der Waals surface area (Å²) in [5.41, 5.74) is 0. The maximum absolute atomic E-state index is 3.66. The van der Waals surface area contributed by atoms with Crippen LogP contribution < -0.4 is 5.32 Å². The number of benzene rings is 3. The summed E-state index contributed by atoms with van der Waals surface area (Å²) in [5, 5.41) is 13.1. The number of aryl methyl sites for hydroxylation is 1. The first kappa shape index (κ1) is 26.2. The quantitative estimate of drug-likeness (QED) is 0.122. The highest BCUT2D eigenvalue weighted by molar-refractivity contribution is 7.28. The molecule has 0 unspecified atom stereocenters. The maximum Gasteiger partial charge on any atom is 0.0889 e. The third-order valence-electron chi connectivity index (χ3n) is 7.82. The molecule has 0 aliphatic carbocycles. The first-order valence-electron chi connectivity index (χ1n) is 14.4. The van der Waals surface area contributed by atoms with Crippen molar-refractivity contribution in [3.63, 3.8) is 0 Å². The van der Waals surface area contributed by atoms with Crippen LogP contribution in [0.3, 0.4) is 0 Å². The molecule has 1 nitrogen and oxygen atoms in total. The van der Waals surface area contributed by atoms with E-state index < -0.39 is 0 Å². The predicted octanol–water partition coefficient (Wildman–Crippen LogP) is 13.0. The molecule has 0 bridgehead atoms. The van der Waals surface area contributed by atoms with Crippen molar-refractivity contribution in [2.75, 3.05) is 11.9 Å². The lowest BCUT2D eigenvalue weighted by Crippen LogP contribution is -1.99. The van der Waals surface area contributed by atoms with Crippen LogP contribution in [0.15, 0.2) is 72.8 Å². The van der Waals surface area contributed by atoms with Gasteiger partial charge in [-0.25, -0.2) is 0 Å². The van der Waals surface area contributed by atoms with Crippen molar-refractivity contribution in [1.29, 1.82) is 0 Å². The van der Waals surface area contributed by atoms with Crippen LogP contribution in [0.5, 0.6) is 0 Å². The second-order valence-corrected chi connectivity index (χ2v) is 15.2. The Balaban J connectivity index is 1.17. The van der Waals surface area contributed by atoms with E-state index in [0.717, 1.165) is 6.54 Å². The standard InChI is InChI=1S/C35H33NS4/c1-3-4-5-6-7-8-19-36-33-18-17-30(38-33)32-21-24-11-13-26-25-12-10-23-20-31(29-16-9-22(2)37-29)39-34(23)27(25)14-15-28(26)35(24)40-32/h9-18,20-21,36H,3-8,19H2,1-2H3. The predicted molar refractivity (Wildman–Crippen MR) is 185 cm³/mol. The number of unbranched alkanes of at least 4 members (excludes halogenated alkanes) is 5. The smallest absolute Gasteiger partial charge is 0.0889 e. The number of fused-ring (bicyclic) bond motifs is 7. The molecule has 0 aliphatic rings. The lowest BCUT2D eigenvalue weighted by molar-refractivity contribution is 0.617.